The van der Waals surface area contributed by atoms with Crippen LogP contribution in [0.1, 0.15) is 20.8 Å². The molecule has 1 N–H and O–H groups in total. The van der Waals surface area contributed by atoms with Gasteiger partial charge in [-0.05, 0) is 45.0 Å². The fourth-order valence-corrected chi connectivity index (χ4v) is 1.58. The van der Waals surface area contributed by atoms with E-state index in [-0.39, 0.29) is 24.7 Å². The van der Waals surface area contributed by atoms with Gasteiger partial charge in [-0.2, -0.15) is 0 Å². The molecule has 20 heavy (non-hydrogen) atoms. The molecule has 0 bridgehead atoms. The Labute approximate surface area is 126 Å². The lowest BCUT2D eigenvalue weighted by Crippen LogP contribution is -2.43. The number of nitrogens with one attached hydrogen (secondary N) is 1. The zero-order valence-electron chi connectivity index (χ0n) is 11.7. The van der Waals surface area contributed by atoms with Gasteiger partial charge in [-0.3, -0.25) is 4.79 Å². The standard InChI is InChI=1S/C14H18BrNO4/c1-14(2,3)16-12(17)8-20-13(18)9-19-11-6-4-10(15)5-7-11/h4-7H,8-9H2,1-3H3,(H,16,17). The molecule has 0 fully saturated rings. The number of hydrogen-bond donors (Lipinski definition) is 1. The largest absolute Gasteiger partial charge is 0.482 e. The highest BCUT2D eigenvalue weighted by Gasteiger charge is 2.15. The number of amides is 1. The summed E-state index contributed by atoms with van der Waals surface area (Å²) in [7, 11) is 0. The van der Waals surface area contributed by atoms with E-state index in [2.05, 4.69) is 21.2 Å². The van der Waals surface area contributed by atoms with Crippen LogP contribution in [0.25, 0.3) is 0 Å². The normalized spacial score (nSPS) is 10.8. The molecule has 1 aromatic rings. The van der Waals surface area contributed by atoms with Gasteiger partial charge in [0.1, 0.15) is 5.75 Å². The predicted octanol–water partition coefficient (Wildman–Crippen LogP) is 2.29. The van der Waals surface area contributed by atoms with E-state index in [0.29, 0.717) is 5.75 Å². The summed E-state index contributed by atoms with van der Waals surface area (Å²) >= 11 is 3.30. The van der Waals surface area contributed by atoms with E-state index in [1.165, 1.54) is 0 Å². The number of rotatable bonds is 5. The summed E-state index contributed by atoms with van der Waals surface area (Å²) in [6.45, 7) is 5.01. The van der Waals surface area contributed by atoms with E-state index in [1.54, 1.807) is 24.3 Å². The number of carbonyl (C=O) groups is 2. The molecule has 1 amide bonds. The minimum Gasteiger partial charge on any atom is -0.482 e. The van der Waals surface area contributed by atoms with E-state index in [4.69, 9.17) is 9.47 Å². The van der Waals surface area contributed by atoms with Crippen molar-refractivity contribution in [3.05, 3.63) is 28.7 Å². The van der Waals surface area contributed by atoms with Gasteiger partial charge in [-0.1, -0.05) is 15.9 Å². The molecule has 0 aromatic heterocycles. The summed E-state index contributed by atoms with van der Waals surface area (Å²) in [5.74, 6) is -0.365. The number of benzene rings is 1. The molecular formula is C14H18BrNO4. The second-order valence-electron chi connectivity index (χ2n) is 5.20. The van der Waals surface area contributed by atoms with Gasteiger partial charge in [0.05, 0.1) is 0 Å². The van der Waals surface area contributed by atoms with Gasteiger partial charge in [-0.25, -0.2) is 4.79 Å². The van der Waals surface area contributed by atoms with Crippen molar-refractivity contribution in [1.29, 1.82) is 0 Å². The second-order valence-corrected chi connectivity index (χ2v) is 6.12. The summed E-state index contributed by atoms with van der Waals surface area (Å²) in [6.07, 6.45) is 0. The van der Waals surface area contributed by atoms with Crippen LogP contribution in [-0.2, 0) is 14.3 Å². The fraction of sp³-hybridized carbons (Fsp3) is 0.429. The maximum Gasteiger partial charge on any atom is 0.344 e. The van der Waals surface area contributed by atoms with Gasteiger partial charge in [0.2, 0.25) is 0 Å². The maximum absolute atomic E-state index is 11.4. The van der Waals surface area contributed by atoms with Crippen molar-refractivity contribution in [2.24, 2.45) is 0 Å². The Bertz CT molecular complexity index is 465. The number of ether oxygens (including phenoxy) is 2. The molecule has 5 nitrogen and oxygen atoms in total. The first-order chi connectivity index (χ1) is 9.26. The highest BCUT2D eigenvalue weighted by atomic mass is 79.9. The summed E-state index contributed by atoms with van der Waals surface area (Å²) in [4.78, 5) is 22.9. The SMILES string of the molecule is CC(C)(C)NC(=O)COC(=O)COc1ccc(Br)cc1. The number of esters is 1. The smallest absolute Gasteiger partial charge is 0.344 e. The van der Waals surface area contributed by atoms with Crippen molar-refractivity contribution in [2.75, 3.05) is 13.2 Å². The Morgan fingerprint density at radius 2 is 1.75 bits per heavy atom. The first-order valence-electron chi connectivity index (χ1n) is 6.11. The molecule has 0 spiro atoms. The van der Waals surface area contributed by atoms with Gasteiger partial charge in [-0.15, -0.1) is 0 Å². The molecule has 0 aliphatic heterocycles. The van der Waals surface area contributed by atoms with Crippen LogP contribution >= 0.6 is 15.9 Å². The molecule has 0 aliphatic rings. The third kappa shape index (κ3) is 7.13. The van der Waals surface area contributed by atoms with Crippen LogP contribution < -0.4 is 10.1 Å². The quantitative estimate of drug-likeness (QED) is 0.833. The molecule has 0 saturated carbocycles. The monoisotopic (exact) mass is 343 g/mol. The van der Waals surface area contributed by atoms with Gasteiger partial charge in [0.25, 0.3) is 5.91 Å². The van der Waals surface area contributed by atoms with Crippen LogP contribution in [0.15, 0.2) is 28.7 Å². The van der Waals surface area contributed by atoms with E-state index >= 15 is 0 Å². The van der Waals surface area contributed by atoms with Crippen LogP contribution in [0.3, 0.4) is 0 Å². The topological polar surface area (TPSA) is 64.6 Å². The third-order valence-corrected chi connectivity index (χ3v) is 2.58. The first-order valence-corrected chi connectivity index (χ1v) is 6.90. The van der Waals surface area contributed by atoms with Gasteiger partial charge < -0.3 is 14.8 Å². The average molecular weight is 344 g/mol. The lowest BCUT2D eigenvalue weighted by molar-refractivity contribution is -0.150. The molecule has 6 heteroatoms. The van der Waals surface area contributed by atoms with Crippen LogP contribution in [0, 0.1) is 0 Å². The molecule has 0 saturated heterocycles. The van der Waals surface area contributed by atoms with Crippen molar-refractivity contribution in [3.63, 3.8) is 0 Å². The molecule has 1 rings (SSSR count). The Morgan fingerprint density at radius 1 is 1.15 bits per heavy atom. The van der Waals surface area contributed by atoms with Crippen molar-refractivity contribution in [1.82, 2.24) is 5.32 Å². The molecule has 0 unspecified atom stereocenters. The van der Waals surface area contributed by atoms with Crippen LogP contribution in [-0.4, -0.2) is 30.6 Å². The maximum atomic E-state index is 11.4. The predicted molar refractivity (Wildman–Crippen MR) is 78.5 cm³/mol. The van der Waals surface area contributed by atoms with E-state index in [9.17, 15) is 9.59 Å². The second kappa shape index (κ2) is 7.28. The molecule has 0 aliphatic carbocycles. The molecular weight excluding hydrogens is 326 g/mol. The fourth-order valence-electron chi connectivity index (χ4n) is 1.32. The van der Waals surface area contributed by atoms with Gasteiger partial charge >= 0.3 is 5.97 Å². The molecule has 0 radical (unpaired) electrons. The summed E-state index contributed by atoms with van der Waals surface area (Å²) < 4.78 is 11.0. The van der Waals surface area contributed by atoms with Crippen LogP contribution in [0.4, 0.5) is 0 Å². The van der Waals surface area contributed by atoms with Gasteiger partial charge in [0.15, 0.2) is 13.2 Å². The average Bonchev–Trinajstić information content (AvgIpc) is 2.33. The number of carbonyl (C=O) groups excluding carboxylic acids is 2. The Hall–Kier alpha value is -1.56. The van der Waals surface area contributed by atoms with Crippen molar-refractivity contribution in [2.45, 2.75) is 26.3 Å². The van der Waals surface area contributed by atoms with Crippen molar-refractivity contribution in [3.8, 4) is 5.75 Å². The lowest BCUT2D eigenvalue weighted by Gasteiger charge is -2.20. The zero-order chi connectivity index (χ0) is 15.2. The van der Waals surface area contributed by atoms with Gasteiger partial charge in [0, 0.05) is 10.0 Å². The first kappa shape index (κ1) is 16.5. The lowest BCUT2D eigenvalue weighted by atomic mass is 10.1. The van der Waals surface area contributed by atoms with Crippen molar-refractivity contribution < 1.29 is 19.1 Å². The van der Waals surface area contributed by atoms with Crippen LogP contribution in [0.2, 0.25) is 0 Å². The summed E-state index contributed by atoms with van der Waals surface area (Å²) in [5.41, 5.74) is -0.350. The van der Waals surface area contributed by atoms with Crippen LogP contribution in [0.5, 0.6) is 5.75 Å². The Balaban J connectivity index is 2.27. The summed E-state index contributed by atoms with van der Waals surface area (Å²) in [5, 5.41) is 2.69. The van der Waals surface area contributed by atoms with Crippen molar-refractivity contribution >= 4 is 27.8 Å². The highest BCUT2D eigenvalue weighted by Crippen LogP contribution is 2.15. The van der Waals surface area contributed by atoms with E-state index in [1.807, 2.05) is 20.8 Å². The van der Waals surface area contributed by atoms with E-state index < -0.39 is 5.97 Å². The number of hydrogen-bond acceptors (Lipinski definition) is 4. The third-order valence-electron chi connectivity index (χ3n) is 2.05. The molecule has 110 valence electrons. The zero-order valence-corrected chi connectivity index (χ0v) is 13.3. The molecule has 0 heterocycles. The number of halogens is 1. The Kier molecular flexibility index (Phi) is 6.01. The minimum absolute atomic E-state index is 0.232. The molecule has 0 atom stereocenters. The molecule has 1 aromatic carbocycles. The van der Waals surface area contributed by atoms with E-state index in [0.717, 1.165) is 4.47 Å². The summed E-state index contributed by atoms with van der Waals surface area (Å²) in [6, 6.07) is 7.06. The highest BCUT2D eigenvalue weighted by molar-refractivity contribution is 9.10. The minimum atomic E-state index is -0.586. The Morgan fingerprint density at radius 3 is 2.30 bits per heavy atom.